The van der Waals surface area contributed by atoms with Gasteiger partial charge in [-0.3, -0.25) is 0 Å². The Hall–Kier alpha value is -1.38. The first kappa shape index (κ1) is 9.82. The lowest BCUT2D eigenvalue weighted by Crippen LogP contribution is -2.35. The fourth-order valence-electron chi connectivity index (χ4n) is 2.31. The molecule has 3 heteroatoms. The molecule has 0 atom stereocenters. The Balaban J connectivity index is 1.85. The first-order chi connectivity index (χ1) is 7.86. The second-order valence-corrected chi connectivity index (χ2v) is 4.70. The van der Waals surface area contributed by atoms with Gasteiger partial charge in [-0.05, 0) is 30.9 Å². The van der Waals surface area contributed by atoms with Crippen molar-refractivity contribution in [1.82, 2.24) is 0 Å². The van der Waals surface area contributed by atoms with Crippen molar-refractivity contribution >= 4 is 11.4 Å². The number of fused-ring (bicyclic) bond motifs is 1. The highest BCUT2D eigenvalue weighted by Gasteiger charge is 2.26. The SMILES string of the molecule is COc1ccc2c(c1)NCCN2CC1CC1. The summed E-state index contributed by atoms with van der Waals surface area (Å²) in [5, 5.41) is 3.44. The van der Waals surface area contributed by atoms with Crippen molar-refractivity contribution in [1.29, 1.82) is 0 Å². The first-order valence-corrected chi connectivity index (χ1v) is 6.03. The number of hydrogen-bond donors (Lipinski definition) is 1. The molecule has 3 rings (SSSR count). The van der Waals surface area contributed by atoms with E-state index in [1.807, 2.05) is 6.07 Å². The molecule has 0 amide bonds. The monoisotopic (exact) mass is 218 g/mol. The summed E-state index contributed by atoms with van der Waals surface area (Å²) in [6, 6.07) is 6.31. The lowest BCUT2D eigenvalue weighted by atomic mass is 10.1. The number of ether oxygens (including phenoxy) is 1. The maximum Gasteiger partial charge on any atom is 0.121 e. The first-order valence-electron chi connectivity index (χ1n) is 6.03. The van der Waals surface area contributed by atoms with E-state index in [9.17, 15) is 0 Å². The summed E-state index contributed by atoms with van der Waals surface area (Å²) in [4.78, 5) is 2.50. The molecule has 0 aromatic heterocycles. The molecule has 0 saturated heterocycles. The molecule has 1 aliphatic carbocycles. The third kappa shape index (κ3) is 1.82. The summed E-state index contributed by atoms with van der Waals surface area (Å²) < 4.78 is 5.25. The molecule has 1 aromatic carbocycles. The van der Waals surface area contributed by atoms with Crippen molar-refractivity contribution in [3.63, 3.8) is 0 Å². The standard InChI is InChI=1S/C13H18N2O/c1-16-11-4-5-13-12(8-11)14-6-7-15(13)9-10-2-3-10/h4-5,8,10,14H,2-3,6-7,9H2,1H3. The van der Waals surface area contributed by atoms with Crippen LogP contribution in [0.2, 0.25) is 0 Å². The van der Waals surface area contributed by atoms with Crippen LogP contribution in [-0.4, -0.2) is 26.7 Å². The molecule has 3 nitrogen and oxygen atoms in total. The van der Waals surface area contributed by atoms with E-state index in [2.05, 4.69) is 22.3 Å². The lowest BCUT2D eigenvalue weighted by Gasteiger charge is -2.32. The Labute approximate surface area is 96.4 Å². The van der Waals surface area contributed by atoms with Crippen molar-refractivity contribution in [3.8, 4) is 5.75 Å². The molecule has 16 heavy (non-hydrogen) atoms. The summed E-state index contributed by atoms with van der Waals surface area (Å²) >= 11 is 0. The minimum absolute atomic E-state index is 0.930. The van der Waals surface area contributed by atoms with Gasteiger partial charge in [-0.15, -0.1) is 0 Å². The molecular weight excluding hydrogens is 200 g/mol. The highest BCUT2D eigenvalue weighted by molar-refractivity contribution is 5.73. The maximum absolute atomic E-state index is 5.25. The van der Waals surface area contributed by atoms with Crippen LogP contribution < -0.4 is 15.0 Å². The summed E-state index contributed by atoms with van der Waals surface area (Å²) in [6.45, 7) is 3.38. The van der Waals surface area contributed by atoms with Gasteiger partial charge < -0.3 is 15.0 Å². The largest absolute Gasteiger partial charge is 0.497 e. The summed E-state index contributed by atoms with van der Waals surface area (Å²) in [6.07, 6.45) is 2.82. The molecule has 0 unspecified atom stereocenters. The van der Waals surface area contributed by atoms with Crippen molar-refractivity contribution < 1.29 is 4.74 Å². The van der Waals surface area contributed by atoms with Gasteiger partial charge in [0.25, 0.3) is 0 Å². The van der Waals surface area contributed by atoms with Crippen LogP contribution in [0.5, 0.6) is 5.75 Å². The molecule has 86 valence electrons. The molecule has 1 saturated carbocycles. The average Bonchev–Trinajstić information content (AvgIpc) is 3.13. The Kier molecular flexibility index (Phi) is 2.39. The fraction of sp³-hybridized carbons (Fsp3) is 0.538. The van der Waals surface area contributed by atoms with Crippen LogP contribution >= 0.6 is 0 Å². The predicted molar refractivity (Wildman–Crippen MR) is 66.4 cm³/mol. The molecular formula is C13H18N2O. The van der Waals surface area contributed by atoms with Gasteiger partial charge in [0.2, 0.25) is 0 Å². The Morgan fingerprint density at radius 1 is 1.44 bits per heavy atom. The normalized spacial score (nSPS) is 18.9. The van der Waals surface area contributed by atoms with Crippen molar-refractivity contribution in [2.45, 2.75) is 12.8 Å². The van der Waals surface area contributed by atoms with Gasteiger partial charge in [-0.25, -0.2) is 0 Å². The number of nitrogens with zero attached hydrogens (tertiary/aromatic N) is 1. The summed E-state index contributed by atoms with van der Waals surface area (Å²) in [5.41, 5.74) is 2.55. The van der Waals surface area contributed by atoms with Crippen molar-refractivity contribution in [3.05, 3.63) is 18.2 Å². The molecule has 2 aliphatic rings. The van der Waals surface area contributed by atoms with Crippen LogP contribution in [-0.2, 0) is 0 Å². The predicted octanol–water partition coefficient (Wildman–Crippen LogP) is 2.34. The van der Waals surface area contributed by atoms with E-state index in [1.165, 1.54) is 30.8 Å². The lowest BCUT2D eigenvalue weighted by molar-refractivity contribution is 0.415. The Morgan fingerprint density at radius 3 is 3.06 bits per heavy atom. The molecule has 1 aliphatic heterocycles. The summed E-state index contributed by atoms with van der Waals surface area (Å²) in [5.74, 6) is 1.87. The number of hydrogen-bond acceptors (Lipinski definition) is 3. The van der Waals surface area contributed by atoms with E-state index in [-0.39, 0.29) is 0 Å². The zero-order valence-electron chi connectivity index (χ0n) is 9.70. The van der Waals surface area contributed by atoms with Crippen LogP contribution in [0.25, 0.3) is 0 Å². The van der Waals surface area contributed by atoms with Crippen LogP contribution in [0.15, 0.2) is 18.2 Å². The van der Waals surface area contributed by atoms with Crippen molar-refractivity contribution in [2.75, 3.05) is 37.0 Å². The molecule has 1 heterocycles. The van der Waals surface area contributed by atoms with E-state index in [4.69, 9.17) is 4.74 Å². The van der Waals surface area contributed by atoms with Gasteiger partial charge in [-0.1, -0.05) is 0 Å². The van der Waals surface area contributed by atoms with Crippen LogP contribution in [0, 0.1) is 5.92 Å². The highest BCUT2D eigenvalue weighted by atomic mass is 16.5. The van der Waals surface area contributed by atoms with Gasteiger partial charge in [0.1, 0.15) is 5.75 Å². The highest BCUT2D eigenvalue weighted by Crippen LogP contribution is 2.36. The second-order valence-electron chi connectivity index (χ2n) is 4.70. The zero-order chi connectivity index (χ0) is 11.0. The van der Waals surface area contributed by atoms with Gasteiger partial charge >= 0.3 is 0 Å². The third-order valence-corrected chi connectivity index (χ3v) is 3.42. The van der Waals surface area contributed by atoms with E-state index < -0.39 is 0 Å². The molecule has 0 bridgehead atoms. The molecule has 1 fully saturated rings. The molecule has 1 N–H and O–H groups in total. The Bertz CT molecular complexity index is 388. The van der Waals surface area contributed by atoms with Gasteiger partial charge in [0, 0.05) is 25.7 Å². The third-order valence-electron chi connectivity index (χ3n) is 3.42. The summed E-state index contributed by atoms with van der Waals surface area (Å²) in [7, 11) is 1.71. The van der Waals surface area contributed by atoms with E-state index in [1.54, 1.807) is 7.11 Å². The number of nitrogens with one attached hydrogen (secondary N) is 1. The topological polar surface area (TPSA) is 24.5 Å². The van der Waals surface area contributed by atoms with Crippen LogP contribution in [0.1, 0.15) is 12.8 Å². The zero-order valence-corrected chi connectivity index (χ0v) is 9.70. The van der Waals surface area contributed by atoms with Gasteiger partial charge in [-0.2, -0.15) is 0 Å². The van der Waals surface area contributed by atoms with Gasteiger partial charge in [0.05, 0.1) is 18.5 Å². The minimum atomic E-state index is 0.930. The van der Waals surface area contributed by atoms with E-state index >= 15 is 0 Å². The second kappa shape index (κ2) is 3.89. The average molecular weight is 218 g/mol. The molecule has 0 spiro atoms. The van der Waals surface area contributed by atoms with E-state index in [0.717, 1.165) is 24.8 Å². The number of rotatable bonds is 3. The number of methoxy groups -OCH3 is 1. The van der Waals surface area contributed by atoms with Crippen molar-refractivity contribution in [2.24, 2.45) is 5.92 Å². The van der Waals surface area contributed by atoms with E-state index in [0.29, 0.717) is 0 Å². The smallest absolute Gasteiger partial charge is 0.121 e. The molecule has 1 aromatic rings. The van der Waals surface area contributed by atoms with Crippen LogP contribution in [0.3, 0.4) is 0 Å². The minimum Gasteiger partial charge on any atom is -0.497 e. The number of benzene rings is 1. The number of anilines is 2. The fourth-order valence-corrected chi connectivity index (χ4v) is 2.31. The van der Waals surface area contributed by atoms with Crippen LogP contribution in [0.4, 0.5) is 11.4 Å². The van der Waals surface area contributed by atoms with Gasteiger partial charge in [0.15, 0.2) is 0 Å². The Morgan fingerprint density at radius 2 is 2.31 bits per heavy atom. The maximum atomic E-state index is 5.25. The molecule has 0 radical (unpaired) electrons. The quantitative estimate of drug-likeness (QED) is 0.842.